The van der Waals surface area contributed by atoms with Gasteiger partial charge in [0, 0.05) is 5.56 Å². The van der Waals surface area contributed by atoms with Crippen LogP contribution in [0.5, 0.6) is 5.75 Å². The summed E-state index contributed by atoms with van der Waals surface area (Å²) >= 11 is 1.57. The molecule has 0 bridgehead atoms. The monoisotopic (exact) mass is 830 g/mol. The molecule has 276 valence electrons. The number of hydrogen-bond acceptors (Lipinski definition) is 4. The number of carboxylic acid groups (broad SMARTS) is 1. The van der Waals surface area contributed by atoms with Crippen LogP contribution in [0.1, 0.15) is 15.9 Å². The lowest BCUT2D eigenvalue weighted by Crippen LogP contribution is -2.77. The largest absolute Gasteiger partial charge is 0.494 e. The molecule has 1 saturated heterocycles. The first-order chi connectivity index (χ1) is 21.6. The molecule has 0 aromatic heterocycles. The molecule has 2 aromatic rings. The van der Waals surface area contributed by atoms with Crippen LogP contribution >= 0.6 is 15.9 Å². The number of carbonyl (C=O) groups is 1. The number of rotatable bonds is 7. The third-order valence-corrected chi connectivity index (χ3v) is 6.67. The Hall–Kier alpha value is -3.43. The van der Waals surface area contributed by atoms with Crippen LogP contribution in [-0.2, 0) is 15.7 Å². The van der Waals surface area contributed by atoms with Gasteiger partial charge in [0.15, 0.2) is 29.0 Å². The summed E-state index contributed by atoms with van der Waals surface area (Å²) in [6, 6.07) is -7.53. The predicted molar refractivity (Wildman–Crippen MR) is 108 cm³/mol. The SMILES string of the molecule is O=C(O)c1c(F)c(-c2c(F)c(F)c(F)c(F)c2F)c(Br)c(OC(F)(F)C(F)(F)OC2(F)OC(F)(F)C(F)(F)C(F)(F)C2(F)F)c1C(F)(F)F. The summed E-state index contributed by atoms with van der Waals surface area (Å²) in [5.41, 5.74) is -12.5. The molecular formula is C21HBrF22O5. The fourth-order valence-corrected chi connectivity index (χ4v) is 4.29. The molecule has 1 unspecified atom stereocenters. The van der Waals surface area contributed by atoms with Crippen LogP contribution in [0.3, 0.4) is 0 Å². The van der Waals surface area contributed by atoms with Gasteiger partial charge in [-0.1, -0.05) is 0 Å². The first kappa shape index (κ1) is 40.0. The maximum atomic E-state index is 15.1. The molecule has 2 aromatic carbocycles. The van der Waals surface area contributed by atoms with Gasteiger partial charge >= 0.3 is 54.3 Å². The van der Waals surface area contributed by atoms with Crippen molar-refractivity contribution in [3.05, 3.63) is 50.5 Å². The first-order valence-corrected chi connectivity index (χ1v) is 11.8. The minimum absolute atomic E-state index is 1.57. The van der Waals surface area contributed by atoms with E-state index in [1.807, 2.05) is 9.47 Å². The Bertz CT molecular complexity index is 1690. The topological polar surface area (TPSA) is 65.0 Å². The summed E-state index contributed by atoms with van der Waals surface area (Å²) < 4.78 is 311. The molecule has 3 rings (SSSR count). The zero-order chi connectivity index (χ0) is 38.6. The highest BCUT2D eigenvalue weighted by Gasteiger charge is 2.95. The van der Waals surface area contributed by atoms with Crippen LogP contribution in [0, 0.1) is 34.9 Å². The quantitative estimate of drug-likeness (QED) is 0.171. The van der Waals surface area contributed by atoms with Crippen molar-refractivity contribution in [2.45, 2.75) is 48.3 Å². The lowest BCUT2D eigenvalue weighted by molar-refractivity contribution is -0.611. The van der Waals surface area contributed by atoms with Crippen molar-refractivity contribution in [1.82, 2.24) is 0 Å². The zero-order valence-electron chi connectivity index (χ0n) is 21.3. The first-order valence-electron chi connectivity index (χ1n) is 11.0. The lowest BCUT2D eigenvalue weighted by Gasteiger charge is -2.47. The second kappa shape index (κ2) is 11.3. The molecule has 0 aliphatic carbocycles. The van der Waals surface area contributed by atoms with Crippen LogP contribution in [0.4, 0.5) is 96.6 Å². The second-order valence-corrected chi connectivity index (χ2v) is 9.74. The molecular weight excluding hydrogens is 830 g/mol. The van der Waals surface area contributed by atoms with Crippen molar-refractivity contribution >= 4 is 21.9 Å². The smallest absolute Gasteiger partial charge is 0.478 e. The average molecular weight is 831 g/mol. The molecule has 0 amide bonds. The third-order valence-electron chi connectivity index (χ3n) is 5.91. The Kier molecular flexibility index (Phi) is 9.22. The van der Waals surface area contributed by atoms with Crippen molar-refractivity contribution in [1.29, 1.82) is 0 Å². The predicted octanol–water partition coefficient (Wildman–Crippen LogP) is 9.40. The third kappa shape index (κ3) is 5.56. The van der Waals surface area contributed by atoms with Gasteiger partial charge in [-0.15, -0.1) is 0 Å². The van der Waals surface area contributed by atoms with E-state index < -0.39 is 122 Å². The summed E-state index contributed by atoms with van der Waals surface area (Å²) in [4.78, 5) is 11.5. The minimum atomic E-state index is -7.90. The van der Waals surface area contributed by atoms with Crippen molar-refractivity contribution in [3.8, 4) is 16.9 Å². The second-order valence-electron chi connectivity index (χ2n) is 8.95. The van der Waals surface area contributed by atoms with Crippen molar-refractivity contribution in [3.63, 3.8) is 0 Å². The van der Waals surface area contributed by atoms with Gasteiger partial charge in [-0.3, -0.25) is 0 Å². The highest BCUT2D eigenvalue weighted by atomic mass is 79.9. The number of ether oxygens (including phenoxy) is 3. The number of carboxylic acids is 1. The number of alkyl halides is 16. The molecule has 0 radical (unpaired) electrons. The fourth-order valence-electron chi connectivity index (χ4n) is 3.64. The summed E-state index contributed by atoms with van der Waals surface area (Å²) in [6.45, 7) is 0. The van der Waals surface area contributed by atoms with Crippen LogP contribution in [0.25, 0.3) is 11.1 Å². The lowest BCUT2D eigenvalue weighted by atomic mass is 9.95. The van der Waals surface area contributed by atoms with Gasteiger partial charge in [0.25, 0.3) is 0 Å². The van der Waals surface area contributed by atoms with Crippen molar-refractivity contribution in [2.24, 2.45) is 0 Å². The van der Waals surface area contributed by atoms with E-state index in [4.69, 9.17) is 5.11 Å². The van der Waals surface area contributed by atoms with Crippen LogP contribution < -0.4 is 4.74 Å². The Labute approximate surface area is 259 Å². The minimum Gasteiger partial charge on any atom is -0.478 e. The highest BCUT2D eigenvalue weighted by molar-refractivity contribution is 9.10. The maximum absolute atomic E-state index is 15.1. The number of halogens is 23. The molecule has 5 nitrogen and oxygen atoms in total. The molecule has 1 aliphatic heterocycles. The van der Waals surface area contributed by atoms with Gasteiger partial charge in [-0.25, -0.2) is 40.6 Å². The number of hydrogen-bond donors (Lipinski definition) is 1. The van der Waals surface area contributed by atoms with E-state index in [1.54, 1.807) is 15.9 Å². The average Bonchev–Trinajstić information content (AvgIpc) is 2.91. The number of benzene rings is 2. The van der Waals surface area contributed by atoms with E-state index in [1.165, 1.54) is 0 Å². The Morgan fingerprint density at radius 1 is 0.633 bits per heavy atom. The Balaban J connectivity index is 2.38. The molecule has 1 fully saturated rings. The van der Waals surface area contributed by atoms with Gasteiger partial charge in [-0.05, 0) is 15.9 Å². The van der Waals surface area contributed by atoms with Gasteiger partial charge in [0.2, 0.25) is 5.82 Å². The van der Waals surface area contributed by atoms with Crippen LogP contribution in [0.2, 0.25) is 0 Å². The maximum Gasteiger partial charge on any atom is 0.494 e. The van der Waals surface area contributed by atoms with E-state index >= 15 is 4.39 Å². The molecule has 1 N–H and O–H groups in total. The number of aromatic carboxylic acids is 1. The highest BCUT2D eigenvalue weighted by Crippen LogP contribution is 2.64. The van der Waals surface area contributed by atoms with Crippen molar-refractivity contribution < 1.29 is 121 Å². The molecule has 1 heterocycles. The fraction of sp³-hybridized carbons (Fsp3) is 0.381. The van der Waals surface area contributed by atoms with Crippen molar-refractivity contribution in [2.75, 3.05) is 0 Å². The van der Waals surface area contributed by atoms with Gasteiger partial charge in [0.05, 0.1) is 10.0 Å². The summed E-state index contributed by atoms with van der Waals surface area (Å²) in [6.07, 6.45) is -29.4. The summed E-state index contributed by atoms with van der Waals surface area (Å²) in [7, 11) is 0. The summed E-state index contributed by atoms with van der Waals surface area (Å²) in [5, 5.41) is 9.08. The van der Waals surface area contributed by atoms with Crippen LogP contribution in [0.15, 0.2) is 4.47 Å². The molecule has 1 atom stereocenters. The van der Waals surface area contributed by atoms with Gasteiger partial charge < -0.3 is 9.84 Å². The van der Waals surface area contributed by atoms with E-state index in [-0.39, 0.29) is 0 Å². The normalized spacial score (nSPS) is 21.9. The Morgan fingerprint density at radius 2 is 1.06 bits per heavy atom. The molecule has 0 saturated carbocycles. The van der Waals surface area contributed by atoms with E-state index in [2.05, 4.69) is 4.74 Å². The van der Waals surface area contributed by atoms with Gasteiger partial charge in [-0.2, -0.15) is 70.2 Å². The summed E-state index contributed by atoms with van der Waals surface area (Å²) in [5.74, 6) is -49.4. The van der Waals surface area contributed by atoms with E-state index in [0.29, 0.717) is 0 Å². The Morgan fingerprint density at radius 3 is 1.47 bits per heavy atom. The van der Waals surface area contributed by atoms with Gasteiger partial charge in [0.1, 0.15) is 16.9 Å². The standard InChI is InChI=1S/C21HBrF22O5/c22-5-1(2-7(24)9(26)11(28)10(27)8(2)25)6(23)3(13(45)46)4(14(29,30)31)12(5)47-19(40,41)20(42,43)49-21(44)17(36,37)15(32,33)16(34,35)18(38,39)48-21/h(H,45,46). The zero-order valence-corrected chi connectivity index (χ0v) is 22.9. The van der Waals surface area contributed by atoms with Crippen LogP contribution in [-0.4, -0.2) is 53.2 Å². The molecule has 0 spiro atoms. The molecule has 1 aliphatic rings. The molecule has 49 heavy (non-hydrogen) atoms. The van der Waals surface area contributed by atoms with E-state index in [9.17, 15) is 97.0 Å². The van der Waals surface area contributed by atoms with E-state index in [0.717, 1.165) is 0 Å². The molecule has 28 heteroatoms.